The number of nitrogens with one attached hydrogen (secondary N) is 2. The van der Waals surface area contributed by atoms with Crippen LogP contribution in [-0.4, -0.2) is 41.7 Å². The number of aromatic amines is 2. The number of amides is 1. The highest BCUT2D eigenvalue weighted by Crippen LogP contribution is 2.19. The first-order chi connectivity index (χ1) is 11.3. The van der Waals surface area contributed by atoms with E-state index in [2.05, 4.69) is 9.97 Å². The van der Waals surface area contributed by atoms with Gasteiger partial charge in [0.2, 0.25) is 15.9 Å². The smallest absolute Gasteiger partial charge is 0.314 e. The number of carbonyl (C=O) groups is 1. The molecule has 0 radical (unpaired) electrons. The summed E-state index contributed by atoms with van der Waals surface area (Å²) in [5.74, 6) is -0.756. The van der Waals surface area contributed by atoms with Crippen LogP contribution in [0.25, 0.3) is 11.0 Å². The molecule has 0 aliphatic carbocycles. The summed E-state index contributed by atoms with van der Waals surface area (Å²) in [5.41, 5.74) is 3.91. The van der Waals surface area contributed by atoms with Gasteiger partial charge in [-0.1, -0.05) is 13.3 Å². The summed E-state index contributed by atoms with van der Waals surface area (Å²) < 4.78 is 26.5. The van der Waals surface area contributed by atoms with Gasteiger partial charge in [0.05, 0.1) is 22.5 Å². The molecule has 0 bridgehead atoms. The Morgan fingerprint density at radius 1 is 1.17 bits per heavy atom. The van der Waals surface area contributed by atoms with Gasteiger partial charge in [-0.3, -0.25) is 14.4 Å². The Kier molecular flexibility index (Phi) is 5.20. The lowest BCUT2D eigenvalue weighted by atomic mass is 10.3. The second-order valence-corrected chi connectivity index (χ2v) is 7.21. The molecule has 0 fully saturated rings. The number of nitrogens with two attached hydrogens (primary N) is 1. The highest BCUT2D eigenvalue weighted by molar-refractivity contribution is 7.89. The molecule has 0 saturated carbocycles. The zero-order chi connectivity index (χ0) is 17.9. The largest absolute Gasteiger partial charge is 0.369 e. The van der Waals surface area contributed by atoms with Gasteiger partial charge in [0, 0.05) is 6.54 Å². The first-order valence-corrected chi connectivity index (χ1v) is 8.74. The number of unbranched alkanes of at least 4 members (excludes halogenated alkanes) is 1. The number of hydrogen-bond donors (Lipinski definition) is 3. The van der Waals surface area contributed by atoms with Crippen molar-refractivity contribution in [1.29, 1.82) is 0 Å². The first kappa shape index (κ1) is 17.9. The van der Waals surface area contributed by atoms with Crippen molar-refractivity contribution in [3.63, 3.8) is 0 Å². The van der Waals surface area contributed by atoms with Crippen LogP contribution >= 0.6 is 0 Å². The van der Waals surface area contributed by atoms with Gasteiger partial charge < -0.3 is 15.7 Å². The van der Waals surface area contributed by atoms with Crippen molar-refractivity contribution < 1.29 is 13.2 Å². The Morgan fingerprint density at radius 3 is 2.38 bits per heavy atom. The van der Waals surface area contributed by atoms with Crippen molar-refractivity contribution in [3.8, 4) is 0 Å². The van der Waals surface area contributed by atoms with Gasteiger partial charge in [0.1, 0.15) is 0 Å². The van der Waals surface area contributed by atoms with E-state index in [9.17, 15) is 22.8 Å². The van der Waals surface area contributed by atoms with Crippen LogP contribution in [0.1, 0.15) is 19.8 Å². The molecule has 0 unspecified atom stereocenters. The molecular weight excluding hydrogens is 336 g/mol. The topological polar surface area (TPSA) is 146 Å². The Bertz CT molecular complexity index is 977. The highest BCUT2D eigenvalue weighted by Gasteiger charge is 2.25. The number of rotatable bonds is 7. The number of aromatic nitrogens is 2. The minimum atomic E-state index is -3.96. The van der Waals surface area contributed by atoms with Crippen LogP contribution in [-0.2, 0) is 14.8 Å². The third-order valence-corrected chi connectivity index (χ3v) is 5.27. The zero-order valence-corrected chi connectivity index (χ0v) is 13.9. The predicted octanol–water partition coefficient (Wildman–Crippen LogP) is -0.507. The minimum Gasteiger partial charge on any atom is -0.369 e. The van der Waals surface area contributed by atoms with E-state index >= 15 is 0 Å². The summed E-state index contributed by atoms with van der Waals surface area (Å²) in [5, 5.41) is 0. The fourth-order valence-corrected chi connectivity index (χ4v) is 3.67. The second kappa shape index (κ2) is 6.97. The summed E-state index contributed by atoms with van der Waals surface area (Å²) in [6.45, 7) is 1.62. The lowest BCUT2D eigenvalue weighted by Crippen LogP contribution is -2.39. The van der Waals surface area contributed by atoms with Gasteiger partial charge in [-0.2, -0.15) is 4.31 Å². The fraction of sp³-hybridized carbons (Fsp3) is 0.357. The lowest BCUT2D eigenvalue weighted by molar-refractivity contribution is -0.118. The lowest BCUT2D eigenvalue weighted by Gasteiger charge is -2.20. The molecule has 1 aromatic carbocycles. The van der Waals surface area contributed by atoms with Crippen LogP contribution in [0.2, 0.25) is 0 Å². The van der Waals surface area contributed by atoms with Crippen molar-refractivity contribution in [2.24, 2.45) is 5.73 Å². The number of H-pyrrole nitrogens is 2. The van der Waals surface area contributed by atoms with Crippen molar-refractivity contribution >= 4 is 27.0 Å². The molecule has 2 rings (SSSR count). The summed E-state index contributed by atoms with van der Waals surface area (Å²) in [6.07, 6.45) is 1.32. The van der Waals surface area contributed by atoms with Gasteiger partial charge in [0.25, 0.3) is 0 Å². The number of carbonyl (C=O) groups excluding carboxylic acids is 1. The standard InChI is InChI=1S/C14H18N4O5S/c1-2-3-6-18(8-12(15)19)24(22,23)9-4-5-10-11(7-9)17-14(21)13(20)16-10/h4-5,7H,2-3,6,8H2,1H3,(H2,15,19)(H,16,20)(H,17,21). The van der Waals surface area contributed by atoms with E-state index in [1.807, 2.05) is 6.92 Å². The molecule has 1 amide bonds. The third kappa shape index (κ3) is 3.71. The maximum Gasteiger partial charge on any atom is 0.314 e. The normalized spacial score (nSPS) is 11.9. The number of nitrogens with zero attached hydrogens (tertiary/aromatic N) is 1. The molecule has 9 nitrogen and oxygen atoms in total. The van der Waals surface area contributed by atoms with E-state index in [1.54, 1.807) is 0 Å². The second-order valence-electron chi connectivity index (χ2n) is 5.27. The van der Waals surface area contributed by atoms with Gasteiger partial charge in [-0.05, 0) is 24.6 Å². The van der Waals surface area contributed by atoms with Gasteiger partial charge in [-0.25, -0.2) is 8.42 Å². The van der Waals surface area contributed by atoms with E-state index in [1.165, 1.54) is 18.2 Å². The quantitative estimate of drug-likeness (QED) is 0.573. The van der Waals surface area contributed by atoms with E-state index in [0.29, 0.717) is 11.9 Å². The van der Waals surface area contributed by atoms with Gasteiger partial charge in [0.15, 0.2) is 0 Å². The molecular formula is C14H18N4O5S. The first-order valence-electron chi connectivity index (χ1n) is 7.30. The molecule has 4 N–H and O–H groups in total. The van der Waals surface area contributed by atoms with Crippen molar-refractivity contribution in [1.82, 2.24) is 14.3 Å². The van der Waals surface area contributed by atoms with Crippen LogP contribution in [0.3, 0.4) is 0 Å². The number of primary amides is 1. The molecule has 0 atom stereocenters. The molecule has 0 spiro atoms. The average Bonchev–Trinajstić information content (AvgIpc) is 2.51. The van der Waals surface area contributed by atoms with Crippen LogP contribution in [0.4, 0.5) is 0 Å². The Balaban J connectivity index is 2.51. The molecule has 0 saturated heterocycles. The van der Waals surface area contributed by atoms with E-state index < -0.39 is 33.6 Å². The van der Waals surface area contributed by atoms with Crippen molar-refractivity contribution in [3.05, 3.63) is 38.9 Å². The average molecular weight is 354 g/mol. The number of benzene rings is 1. The maximum atomic E-state index is 12.7. The Labute approximate surface area is 137 Å². The van der Waals surface area contributed by atoms with Crippen LogP contribution in [0, 0.1) is 0 Å². The Hall–Kier alpha value is -2.46. The van der Waals surface area contributed by atoms with E-state index in [-0.39, 0.29) is 17.0 Å². The highest BCUT2D eigenvalue weighted by atomic mass is 32.2. The van der Waals surface area contributed by atoms with Crippen molar-refractivity contribution in [2.45, 2.75) is 24.7 Å². The summed E-state index contributed by atoms with van der Waals surface area (Å²) >= 11 is 0. The zero-order valence-electron chi connectivity index (χ0n) is 13.0. The summed E-state index contributed by atoms with van der Waals surface area (Å²) in [6, 6.07) is 3.91. The van der Waals surface area contributed by atoms with Crippen molar-refractivity contribution in [2.75, 3.05) is 13.1 Å². The Morgan fingerprint density at radius 2 is 1.79 bits per heavy atom. The van der Waals surface area contributed by atoms with Crippen LogP contribution < -0.4 is 16.9 Å². The van der Waals surface area contributed by atoms with E-state index in [4.69, 9.17) is 5.73 Å². The number of fused-ring (bicyclic) bond motifs is 1. The molecule has 130 valence electrons. The van der Waals surface area contributed by atoms with Gasteiger partial charge in [-0.15, -0.1) is 0 Å². The summed E-state index contributed by atoms with van der Waals surface area (Å²) in [7, 11) is -3.96. The van der Waals surface area contributed by atoms with Gasteiger partial charge >= 0.3 is 11.1 Å². The third-order valence-electron chi connectivity index (χ3n) is 3.42. The van der Waals surface area contributed by atoms with E-state index in [0.717, 1.165) is 10.7 Å². The predicted molar refractivity (Wildman–Crippen MR) is 88.1 cm³/mol. The monoisotopic (exact) mass is 354 g/mol. The number of sulfonamides is 1. The molecule has 0 aliphatic rings. The number of hydrogen-bond acceptors (Lipinski definition) is 5. The molecule has 24 heavy (non-hydrogen) atoms. The molecule has 10 heteroatoms. The molecule has 0 aliphatic heterocycles. The van der Waals surface area contributed by atoms with Crippen LogP contribution in [0.5, 0.6) is 0 Å². The maximum absolute atomic E-state index is 12.7. The molecule has 2 aromatic rings. The molecule has 1 heterocycles. The summed E-state index contributed by atoms with van der Waals surface area (Å²) in [4.78, 5) is 38.4. The fourth-order valence-electron chi connectivity index (χ4n) is 2.20. The molecule has 1 aromatic heterocycles. The minimum absolute atomic E-state index is 0.102. The SMILES string of the molecule is CCCCN(CC(N)=O)S(=O)(=O)c1ccc2[nH]c(=O)c(=O)[nH]c2c1. The van der Waals surface area contributed by atoms with Crippen LogP contribution in [0.15, 0.2) is 32.7 Å².